The zero-order valence-electron chi connectivity index (χ0n) is 10.3. The number of aliphatic hydroxyl groups is 2. The number of ether oxygens (including phenoxy) is 1. The summed E-state index contributed by atoms with van der Waals surface area (Å²) in [7, 11) is 0. The van der Waals surface area contributed by atoms with Crippen LogP contribution in [0.25, 0.3) is 0 Å². The third-order valence-corrected chi connectivity index (χ3v) is 3.86. The van der Waals surface area contributed by atoms with E-state index in [1.54, 1.807) is 6.92 Å². The Balaban J connectivity index is 2.02. The van der Waals surface area contributed by atoms with E-state index in [1.165, 1.54) is 6.20 Å². The lowest BCUT2D eigenvalue weighted by molar-refractivity contribution is -0.133. The number of fused-ring (bicyclic) bond motifs is 1. The van der Waals surface area contributed by atoms with Gasteiger partial charge < -0.3 is 20.3 Å². The van der Waals surface area contributed by atoms with Gasteiger partial charge >= 0.3 is 5.69 Å². The lowest BCUT2D eigenvalue weighted by Gasteiger charge is -2.43. The Kier molecular flexibility index (Phi) is 2.65. The summed E-state index contributed by atoms with van der Waals surface area (Å²) in [4.78, 5) is 25.3. The summed E-state index contributed by atoms with van der Waals surface area (Å²) in [5.41, 5.74) is -1.62. The molecular formula is C11H15N3O5. The Morgan fingerprint density at radius 3 is 2.84 bits per heavy atom. The van der Waals surface area contributed by atoms with Crippen LogP contribution in [-0.4, -0.2) is 50.7 Å². The number of aliphatic hydroxyl groups excluding tert-OH is 2. The number of rotatable bonds is 2. The van der Waals surface area contributed by atoms with Gasteiger partial charge in [-0.15, -0.1) is 0 Å². The van der Waals surface area contributed by atoms with Crippen molar-refractivity contribution in [1.82, 2.24) is 14.9 Å². The van der Waals surface area contributed by atoms with Crippen LogP contribution in [0.1, 0.15) is 11.8 Å². The van der Waals surface area contributed by atoms with Crippen LogP contribution in [0.4, 0.5) is 0 Å². The van der Waals surface area contributed by atoms with Crippen molar-refractivity contribution in [3.05, 3.63) is 32.6 Å². The van der Waals surface area contributed by atoms with Crippen LogP contribution in [0.3, 0.4) is 0 Å². The summed E-state index contributed by atoms with van der Waals surface area (Å²) in [6.45, 7) is 1.74. The van der Waals surface area contributed by atoms with Gasteiger partial charge in [-0.1, -0.05) is 0 Å². The summed E-state index contributed by atoms with van der Waals surface area (Å²) >= 11 is 0. The molecular weight excluding hydrogens is 254 g/mol. The molecule has 2 aliphatic heterocycles. The first-order valence-corrected chi connectivity index (χ1v) is 6.01. The summed E-state index contributed by atoms with van der Waals surface area (Å²) in [6, 6.07) is -0.415. The first-order chi connectivity index (χ1) is 8.98. The number of aromatic amines is 1. The highest BCUT2D eigenvalue weighted by Crippen LogP contribution is 2.40. The Hall–Kier alpha value is -1.48. The topological polar surface area (TPSA) is 117 Å². The smallest absolute Gasteiger partial charge is 0.330 e. The second-order valence-corrected chi connectivity index (χ2v) is 5.06. The van der Waals surface area contributed by atoms with Gasteiger partial charge in [-0.3, -0.25) is 14.3 Å². The average Bonchev–Trinajstić information content (AvgIpc) is 2.52. The van der Waals surface area contributed by atoms with Crippen molar-refractivity contribution in [3.8, 4) is 0 Å². The molecule has 2 fully saturated rings. The maximum absolute atomic E-state index is 11.8. The number of hydrogen-bond donors (Lipinski definition) is 4. The van der Waals surface area contributed by atoms with E-state index in [0.717, 1.165) is 4.57 Å². The predicted octanol–water partition coefficient (Wildman–Crippen LogP) is -2.56. The van der Waals surface area contributed by atoms with Crippen LogP contribution in [0.2, 0.25) is 0 Å². The standard InChI is InChI=1S/C11H15N3O5/c1-5-2-14(10(18)13-8(5)17)9-6(16)7-11(4-15,19-9)3-12-7/h2,6-7,9,12,15-16H,3-4H2,1H3,(H,13,17,18)/t6-,7?,9-,11-/m1/s1. The average molecular weight is 269 g/mol. The van der Waals surface area contributed by atoms with E-state index in [2.05, 4.69) is 10.3 Å². The van der Waals surface area contributed by atoms with Gasteiger partial charge in [0.15, 0.2) is 6.23 Å². The number of aromatic nitrogens is 2. The highest BCUT2D eigenvalue weighted by molar-refractivity contribution is 5.14. The fraction of sp³-hybridized carbons (Fsp3) is 0.636. The molecule has 0 aromatic carbocycles. The molecule has 0 spiro atoms. The van der Waals surface area contributed by atoms with Crippen molar-refractivity contribution < 1.29 is 14.9 Å². The van der Waals surface area contributed by atoms with Gasteiger partial charge in [0.2, 0.25) is 0 Å². The van der Waals surface area contributed by atoms with E-state index in [-0.39, 0.29) is 6.61 Å². The Morgan fingerprint density at radius 2 is 2.32 bits per heavy atom. The van der Waals surface area contributed by atoms with Gasteiger partial charge in [0.25, 0.3) is 5.56 Å². The minimum Gasteiger partial charge on any atom is -0.393 e. The van der Waals surface area contributed by atoms with E-state index >= 15 is 0 Å². The van der Waals surface area contributed by atoms with E-state index in [4.69, 9.17) is 4.74 Å². The highest BCUT2D eigenvalue weighted by atomic mass is 16.6. The molecule has 4 atom stereocenters. The van der Waals surface area contributed by atoms with Crippen LogP contribution >= 0.6 is 0 Å². The van der Waals surface area contributed by atoms with Crippen molar-refractivity contribution in [2.45, 2.75) is 30.9 Å². The molecule has 104 valence electrons. The second-order valence-electron chi connectivity index (χ2n) is 5.06. The lowest BCUT2D eigenvalue weighted by atomic mass is 9.85. The molecule has 0 aliphatic carbocycles. The Labute approximate surface area is 107 Å². The summed E-state index contributed by atoms with van der Waals surface area (Å²) in [5, 5.41) is 22.5. The van der Waals surface area contributed by atoms with Gasteiger partial charge in [0.05, 0.1) is 12.6 Å². The number of H-pyrrole nitrogens is 1. The molecule has 19 heavy (non-hydrogen) atoms. The quantitative estimate of drug-likeness (QED) is 0.469. The molecule has 0 radical (unpaired) electrons. The Bertz CT molecular complexity index is 619. The van der Waals surface area contributed by atoms with Gasteiger partial charge in [-0.2, -0.15) is 0 Å². The zero-order chi connectivity index (χ0) is 13.8. The molecule has 1 aromatic heterocycles. The molecule has 4 N–H and O–H groups in total. The van der Waals surface area contributed by atoms with Crippen LogP contribution < -0.4 is 16.6 Å². The molecule has 8 nitrogen and oxygen atoms in total. The number of hydrogen-bond acceptors (Lipinski definition) is 6. The molecule has 0 amide bonds. The maximum Gasteiger partial charge on any atom is 0.330 e. The van der Waals surface area contributed by atoms with Crippen LogP contribution in [0.5, 0.6) is 0 Å². The summed E-state index contributed by atoms with van der Waals surface area (Å²) in [5.74, 6) is 0. The normalized spacial score (nSPS) is 36.9. The Morgan fingerprint density at radius 1 is 1.58 bits per heavy atom. The van der Waals surface area contributed by atoms with Gasteiger partial charge in [0, 0.05) is 18.3 Å². The van der Waals surface area contributed by atoms with Crippen molar-refractivity contribution in [2.24, 2.45) is 0 Å². The molecule has 3 rings (SSSR count). The van der Waals surface area contributed by atoms with E-state index in [0.29, 0.717) is 12.1 Å². The van der Waals surface area contributed by atoms with Crippen LogP contribution in [0, 0.1) is 6.92 Å². The fourth-order valence-electron chi connectivity index (χ4n) is 2.66. The van der Waals surface area contributed by atoms with E-state index in [9.17, 15) is 19.8 Å². The third-order valence-electron chi connectivity index (χ3n) is 3.86. The van der Waals surface area contributed by atoms with Crippen LogP contribution in [-0.2, 0) is 4.74 Å². The van der Waals surface area contributed by atoms with Crippen molar-refractivity contribution >= 4 is 0 Å². The minimum absolute atomic E-state index is 0.241. The van der Waals surface area contributed by atoms with Crippen molar-refractivity contribution in [1.29, 1.82) is 0 Å². The largest absolute Gasteiger partial charge is 0.393 e. The van der Waals surface area contributed by atoms with Crippen molar-refractivity contribution in [2.75, 3.05) is 13.2 Å². The summed E-state index contributed by atoms with van der Waals surface area (Å²) < 4.78 is 6.80. The van der Waals surface area contributed by atoms with Gasteiger partial charge in [-0.05, 0) is 6.92 Å². The SMILES string of the molecule is Cc1cn([C@@H]2O[C@@]3(CO)CNC3[C@H]2O)c(=O)[nH]c1=O. The van der Waals surface area contributed by atoms with Gasteiger partial charge in [-0.25, -0.2) is 4.79 Å². The van der Waals surface area contributed by atoms with E-state index < -0.39 is 35.2 Å². The maximum atomic E-state index is 11.8. The first-order valence-electron chi connectivity index (χ1n) is 6.01. The molecule has 8 heteroatoms. The van der Waals surface area contributed by atoms with Crippen molar-refractivity contribution in [3.63, 3.8) is 0 Å². The molecule has 0 bridgehead atoms. The number of nitrogens with zero attached hydrogens (tertiary/aromatic N) is 1. The van der Waals surface area contributed by atoms with Crippen LogP contribution in [0.15, 0.2) is 15.8 Å². The monoisotopic (exact) mass is 269 g/mol. The molecule has 2 saturated heterocycles. The zero-order valence-corrected chi connectivity index (χ0v) is 10.3. The summed E-state index contributed by atoms with van der Waals surface area (Å²) in [6.07, 6.45) is -0.538. The first kappa shape index (κ1) is 12.5. The lowest BCUT2D eigenvalue weighted by Crippen LogP contribution is -2.70. The molecule has 1 aromatic rings. The number of nitrogens with one attached hydrogen (secondary N) is 2. The minimum atomic E-state index is -0.969. The second kappa shape index (κ2) is 4.01. The van der Waals surface area contributed by atoms with Gasteiger partial charge in [0.1, 0.15) is 11.7 Å². The molecule has 3 heterocycles. The fourth-order valence-corrected chi connectivity index (χ4v) is 2.66. The van der Waals surface area contributed by atoms with E-state index in [1.807, 2.05) is 0 Å². The molecule has 1 unspecified atom stereocenters. The number of aryl methyl sites for hydroxylation is 1. The third kappa shape index (κ3) is 1.61. The predicted molar refractivity (Wildman–Crippen MR) is 63.8 cm³/mol. The molecule has 2 aliphatic rings. The highest BCUT2D eigenvalue weighted by Gasteiger charge is 2.60. The molecule has 0 saturated carbocycles.